The maximum Gasteiger partial charge on any atom is 0.389 e. The lowest BCUT2D eigenvalue weighted by Crippen LogP contribution is -2.42. The van der Waals surface area contributed by atoms with E-state index < -0.39 is 12.6 Å². The van der Waals surface area contributed by atoms with Crippen molar-refractivity contribution < 1.29 is 18.0 Å². The lowest BCUT2D eigenvalue weighted by Gasteiger charge is -2.23. The first kappa shape index (κ1) is 20.3. The second-order valence-electron chi connectivity index (χ2n) is 7.13. The summed E-state index contributed by atoms with van der Waals surface area (Å²) in [6.07, 6.45) is 0.635. The van der Waals surface area contributed by atoms with Gasteiger partial charge in [0.25, 0.3) is 5.91 Å². The molecule has 150 valence electrons. The zero-order chi connectivity index (χ0) is 20.0. The summed E-state index contributed by atoms with van der Waals surface area (Å²) in [6.45, 7) is 1.80. The number of pyridine rings is 1. The number of carbonyl (C=O) groups is 1. The third-order valence-corrected chi connectivity index (χ3v) is 4.89. The third kappa shape index (κ3) is 6.05. The van der Waals surface area contributed by atoms with Crippen molar-refractivity contribution in [1.82, 2.24) is 15.6 Å². The quantitative estimate of drug-likeness (QED) is 0.779. The van der Waals surface area contributed by atoms with Crippen LogP contribution in [-0.2, 0) is 6.42 Å². The Morgan fingerprint density at radius 3 is 2.50 bits per heavy atom. The van der Waals surface area contributed by atoms with Crippen LogP contribution in [0.3, 0.4) is 0 Å². The molecule has 1 saturated heterocycles. The molecule has 0 unspecified atom stereocenters. The van der Waals surface area contributed by atoms with Crippen molar-refractivity contribution in [3.63, 3.8) is 0 Å². The molecule has 0 bridgehead atoms. The van der Waals surface area contributed by atoms with Gasteiger partial charge in [0.05, 0.1) is 5.56 Å². The summed E-state index contributed by atoms with van der Waals surface area (Å²) in [5.74, 6) is -0.134. The highest BCUT2D eigenvalue weighted by atomic mass is 19.4. The van der Waals surface area contributed by atoms with Gasteiger partial charge in [0.15, 0.2) is 0 Å². The molecule has 2 N–H and O–H groups in total. The monoisotopic (exact) mass is 391 g/mol. The highest BCUT2D eigenvalue weighted by Crippen LogP contribution is 2.24. The molecule has 0 radical (unpaired) electrons. The van der Waals surface area contributed by atoms with Gasteiger partial charge in [0, 0.05) is 30.4 Å². The second kappa shape index (κ2) is 9.19. The highest BCUT2D eigenvalue weighted by molar-refractivity contribution is 5.95. The number of aromatic nitrogens is 1. The minimum atomic E-state index is -4.11. The first-order valence-corrected chi connectivity index (χ1v) is 9.53. The van der Waals surface area contributed by atoms with Crippen molar-refractivity contribution in [2.45, 2.75) is 44.3 Å². The normalized spacial score (nSPS) is 15.4. The van der Waals surface area contributed by atoms with Gasteiger partial charge in [-0.2, -0.15) is 13.2 Å². The molecule has 0 spiro atoms. The first-order valence-electron chi connectivity index (χ1n) is 9.53. The Labute approximate surface area is 162 Å². The van der Waals surface area contributed by atoms with Crippen molar-refractivity contribution >= 4 is 5.91 Å². The SMILES string of the molecule is O=C(NC1CCNCC1)c1cncc(-c2ccc(CCCC(F)(F)F)cc2)c1. The minimum Gasteiger partial charge on any atom is -0.349 e. The maximum absolute atomic E-state index is 12.5. The number of alkyl halides is 3. The smallest absolute Gasteiger partial charge is 0.349 e. The summed E-state index contributed by atoms with van der Waals surface area (Å²) in [4.78, 5) is 16.7. The van der Waals surface area contributed by atoms with E-state index in [9.17, 15) is 18.0 Å². The van der Waals surface area contributed by atoms with Crippen LogP contribution < -0.4 is 10.6 Å². The Hall–Kier alpha value is -2.41. The molecule has 1 aliphatic heterocycles. The number of nitrogens with one attached hydrogen (secondary N) is 2. The lowest BCUT2D eigenvalue weighted by atomic mass is 10.0. The standard InChI is InChI=1S/C21H24F3N3O/c22-21(23,24)9-1-2-15-3-5-16(6-4-15)17-12-18(14-26-13-17)20(28)27-19-7-10-25-11-8-19/h3-6,12-14,19,25H,1-2,7-11H2,(H,27,28). The number of hydrogen-bond acceptors (Lipinski definition) is 3. The molecule has 1 aromatic carbocycles. The molecule has 2 aromatic rings. The molecule has 2 heterocycles. The van der Waals surface area contributed by atoms with Crippen LogP contribution in [-0.4, -0.2) is 36.2 Å². The molecule has 0 saturated carbocycles. The fourth-order valence-corrected chi connectivity index (χ4v) is 3.31. The van der Waals surface area contributed by atoms with Gasteiger partial charge in [0.1, 0.15) is 0 Å². The van der Waals surface area contributed by atoms with E-state index in [2.05, 4.69) is 15.6 Å². The molecular weight excluding hydrogens is 367 g/mol. The van der Waals surface area contributed by atoms with Crippen LogP contribution in [0.5, 0.6) is 0 Å². The van der Waals surface area contributed by atoms with Crippen molar-refractivity contribution in [1.29, 1.82) is 0 Å². The zero-order valence-corrected chi connectivity index (χ0v) is 15.6. The highest BCUT2D eigenvalue weighted by Gasteiger charge is 2.25. The Bertz CT molecular complexity index is 784. The van der Waals surface area contributed by atoms with Gasteiger partial charge in [-0.3, -0.25) is 9.78 Å². The van der Waals surface area contributed by atoms with E-state index in [0.29, 0.717) is 12.0 Å². The average molecular weight is 391 g/mol. The van der Waals surface area contributed by atoms with Gasteiger partial charge >= 0.3 is 6.18 Å². The number of aryl methyl sites for hydroxylation is 1. The van der Waals surface area contributed by atoms with Crippen molar-refractivity contribution in [3.05, 3.63) is 53.9 Å². The summed E-state index contributed by atoms with van der Waals surface area (Å²) in [5, 5.41) is 6.31. The summed E-state index contributed by atoms with van der Waals surface area (Å²) < 4.78 is 36.8. The predicted molar refractivity (Wildman–Crippen MR) is 102 cm³/mol. The Morgan fingerprint density at radius 2 is 1.82 bits per heavy atom. The zero-order valence-electron chi connectivity index (χ0n) is 15.6. The number of benzene rings is 1. The molecule has 28 heavy (non-hydrogen) atoms. The van der Waals surface area contributed by atoms with E-state index in [1.807, 2.05) is 24.3 Å². The van der Waals surface area contributed by atoms with E-state index in [-0.39, 0.29) is 18.4 Å². The third-order valence-electron chi connectivity index (χ3n) is 4.89. The van der Waals surface area contributed by atoms with E-state index in [4.69, 9.17) is 0 Å². The summed E-state index contributed by atoms with van der Waals surface area (Å²) in [5.41, 5.74) is 3.05. The molecule has 1 amide bonds. The number of piperidine rings is 1. The van der Waals surface area contributed by atoms with Crippen LogP contribution >= 0.6 is 0 Å². The Kier molecular flexibility index (Phi) is 6.67. The fourth-order valence-electron chi connectivity index (χ4n) is 3.31. The maximum atomic E-state index is 12.5. The molecule has 0 atom stereocenters. The molecule has 7 heteroatoms. The molecular formula is C21H24F3N3O. The van der Waals surface area contributed by atoms with Crippen molar-refractivity contribution in [2.75, 3.05) is 13.1 Å². The van der Waals surface area contributed by atoms with E-state index in [1.54, 1.807) is 18.5 Å². The predicted octanol–water partition coefficient (Wildman–Crippen LogP) is 4.12. The number of rotatable bonds is 6. The van der Waals surface area contributed by atoms with Crippen molar-refractivity contribution in [2.24, 2.45) is 0 Å². The lowest BCUT2D eigenvalue weighted by molar-refractivity contribution is -0.135. The summed E-state index contributed by atoms with van der Waals surface area (Å²) in [7, 11) is 0. The van der Waals surface area contributed by atoms with Gasteiger partial charge in [-0.1, -0.05) is 24.3 Å². The number of carbonyl (C=O) groups excluding carboxylic acids is 1. The Morgan fingerprint density at radius 1 is 1.11 bits per heavy atom. The van der Waals surface area contributed by atoms with E-state index in [1.165, 1.54) is 0 Å². The molecule has 3 rings (SSSR count). The van der Waals surface area contributed by atoms with Crippen LogP contribution in [0, 0.1) is 0 Å². The Balaban J connectivity index is 1.62. The molecule has 1 aliphatic rings. The van der Waals surface area contributed by atoms with Crippen LogP contribution in [0.4, 0.5) is 13.2 Å². The van der Waals surface area contributed by atoms with Crippen LogP contribution in [0.1, 0.15) is 41.6 Å². The van der Waals surface area contributed by atoms with Crippen LogP contribution in [0.25, 0.3) is 11.1 Å². The largest absolute Gasteiger partial charge is 0.389 e. The van der Waals surface area contributed by atoms with E-state index in [0.717, 1.165) is 42.6 Å². The minimum absolute atomic E-state index is 0.0801. The van der Waals surface area contributed by atoms with Gasteiger partial charge in [-0.25, -0.2) is 0 Å². The van der Waals surface area contributed by atoms with E-state index >= 15 is 0 Å². The van der Waals surface area contributed by atoms with Gasteiger partial charge in [-0.15, -0.1) is 0 Å². The van der Waals surface area contributed by atoms with Crippen LogP contribution in [0.2, 0.25) is 0 Å². The summed E-state index contributed by atoms with van der Waals surface area (Å²) >= 11 is 0. The number of halogens is 3. The van der Waals surface area contributed by atoms with Gasteiger partial charge in [-0.05, 0) is 56.0 Å². The summed E-state index contributed by atoms with van der Waals surface area (Å²) in [6, 6.07) is 9.33. The first-order chi connectivity index (χ1) is 13.4. The molecule has 4 nitrogen and oxygen atoms in total. The molecule has 1 fully saturated rings. The average Bonchev–Trinajstić information content (AvgIpc) is 2.68. The van der Waals surface area contributed by atoms with Crippen LogP contribution in [0.15, 0.2) is 42.7 Å². The molecule has 0 aliphatic carbocycles. The topological polar surface area (TPSA) is 54.0 Å². The number of nitrogens with zero attached hydrogens (tertiary/aromatic N) is 1. The van der Waals surface area contributed by atoms with Gasteiger partial charge < -0.3 is 10.6 Å². The van der Waals surface area contributed by atoms with Gasteiger partial charge in [0.2, 0.25) is 0 Å². The fraction of sp³-hybridized carbons (Fsp3) is 0.429. The number of hydrogen-bond donors (Lipinski definition) is 2. The second-order valence-corrected chi connectivity index (χ2v) is 7.13. The van der Waals surface area contributed by atoms with Crippen molar-refractivity contribution in [3.8, 4) is 11.1 Å². The number of amides is 1. The molecule has 1 aromatic heterocycles.